The van der Waals surface area contributed by atoms with Crippen LogP contribution in [0.5, 0.6) is 0 Å². The summed E-state index contributed by atoms with van der Waals surface area (Å²) in [6, 6.07) is 3.02. The second-order valence-corrected chi connectivity index (χ2v) is 7.96. The minimum Gasteiger partial charge on any atom is -0.345 e. The van der Waals surface area contributed by atoms with Crippen LogP contribution in [0.2, 0.25) is 0 Å². The van der Waals surface area contributed by atoms with E-state index in [1.54, 1.807) is 6.07 Å². The predicted molar refractivity (Wildman–Crippen MR) is 84.7 cm³/mol. The highest BCUT2D eigenvalue weighted by atomic mass is 79.9. The van der Waals surface area contributed by atoms with Crippen molar-refractivity contribution in [2.24, 2.45) is 0 Å². The number of carbonyl (C=O) groups excluding carboxylic acids is 2. The van der Waals surface area contributed by atoms with Crippen molar-refractivity contribution in [1.29, 1.82) is 0 Å². The first-order valence-electron chi connectivity index (χ1n) is 6.29. The van der Waals surface area contributed by atoms with E-state index in [1.165, 1.54) is 19.1 Å². The van der Waals surface area contributed by atoms with Crippen LogP contribution in [0.15, 0.2) is 22.7 Å². The number of benzene rings is 1. The first-order valence-corrected chi connectivity index (χ1v) is 9.14. The Bertz CT molecular complexity index is 679. The van der Waals surface area contributed by atoms with Crippen LogP contribution in [-0.2, 0) is 19.4 Å². The van der Waals surface area contributed by atoms with E-state index in [1.807, 2.05) is 0 Å². The molecule has 2 N–H and O–H groups in total. The Morgan fingerprint density at radius 2 is 2.00 bits per heavy atom. The van der Waals surface area contributed by atoms with Gasteiger partial charge in [0.15, 0.2) is 0 Å². The molecule has 0 aliphatic carbocycles. The second kappa shape index (κ2) is 7.68. The van der Waals surface area contributed by atoms with Crippen LogP contribution in [-0.4, -0.2) is 38.3 Å². The van der Waals surface area contributed by atoms with Crippen molar-refractivity contribution in [3.05, 3.63) is 28.5 Å². The van der Waals surface area contributed by atoms with Gasteiger partial charge >= 0.3 is 0 Å². The van der Waals surface area contributed by atoms with E-state index in [0.717, 1.165) is 6.26 Å². The molecule has 1 aromatic rings. The van der Waals surface area contributed by atoms with E-state index in [9.17, 15) is 22.4 Å². The van der Waals surface area contributed by atoms with Crippen molar-refractivity contribution in [3.63, 3.8) is 0 Å². The largest absolute Gasteiger partial charge is 0.345 e. The number of amides is 2. The number of sulfone groups is 1. The molecule has 1 aromatic carbocycles. The van der Waals surface area contributed by atoms with Gasteiger partial charge in [0.05, 0.1) is 11.4 Å². The van der Waals surface area contributed by atoms with Crippen molar-refractivity contribution in [1.82, 2.24) is 5.32 Å². The molecule has 0 saturated heterocycles. The fourth-order valence-corrected chi connectivity index (χ4v) is 2.65. The zero-order chi connectivity index (χ0) is 16.9. The van der Waals surface area contributed by atoms with Gasteiger partial charge in [-0.25, -0.2) is 12.8 Å². The fraction of sp³-hybridized carbons (Fsp3) is 0.385. The molecule has 6 nitrogen and oxygen atoms in total. The summed E-state index contributed by atoms with van der Waals surface area (Å²) in [5.74, 6) is -2.08. The Kier molecular flexibility index (Phi) is 6.48. The van der Waals surface area contributed by atoms with Gasteiger partial charge in [-0.1, -0.05) is 15.9 Å². The molecule has 0 radical (unpaired) electrons. The van der Waals surface area contributed by atoms with E-state index in [-0.39, 0.29) is 17.9 Å². The van der Waals surface area contributed by atoms with Crippen molar-refractivity contribution in [2.45, 2.75) is 19.4 Å². The number of halogens is 2. The summed E-state index contributed by atoms with van der Waals surface area (Å²) in [6.07, 6.45) is 0.937. The van der Waals surface area contributed by atoms with Gasteiger partial charge in [-0.05, 0) is 24.6 Å². The third-order valence-corrected chi connectivity index (χ3v) is 4.13. The van der Waals surface area contributed by atoms with Crippen molar-refractivity contribution in [2.75, 3.05) is 17.3 Å². The molecule has 122 valence electrons. The van der Waals surface area contributed by atoms with Crippen LogP contribution in [0.3, 0.4) is 0 Å². The molecule has 22 heavy (non-hydrogen) atoms. The van der Waals surface area contributed by atoms with Gasteiger partial charge in [0, 0.05) is 17.7 Å². The van der Waals surface area contributed by atoms with Crippen LogP contribution >= 0.6 is 15.9 Å². The Balaban J connectivity index is 2.84. The molecule has 0 aliphatic heterocycles. The molecular weight excluding hydrogens is 379 g/mol. The average Bonchev–Trinajstić information content (AvgIpc) is 2.36. The molecular formula is C13H16BrFN2O4S. The summed E-state index contributed by atoms with van der Waals surface area (Å²) in [5.41, 5.74) is -0.0529. The molecule has 1 atom stereocenters. The Morgan fingerprint density at radius 3 is 2.50 bits per heavy atom. The third kappa shape index (κ3) is 6.52. The standard InChI is InChI=1S/C13H16BrFN2O4S/c1-8(18)16-12(5-6-22(2,20)21)13(19)17-11-4-3-9(14)7-10(11)15/h3-4,7,12H,5-6H2,1-2H3,(H,16,18)(H,17,19). The molecule has 0 bridgehead atoms. The van der Waals surface area contributed by atoms with Gasteiger partial charge in [-0.3, -0.25) is 9.59 Å². The lowest BCUT2D eigenvalue weighted by Gasteiger charge is -2.17. The zero-order valence-electron chi connectivity index (χ0n) is 12.0. The molecule has 0 aliphatic rings. The SMILES string of the molecule is CC(=O)NC(CCS(C)(=O)=O)C(=O)Nc1ccc(Br)cc1F. The number of hydrogen-bond acceptors (Lipinski definition) is 4. The highest BCUT2D eigenvalue weighted by molar-refractivity contribution is 9.10. The topological polar surface area (TPSA) is 92.3 Å². The lowest BCUT2D eigenvalue weighted by Crippen LogP contribution is -2.44. The molecule has 0 heterocycles. The normalized spacial score (nSPS) is 12.5. The predicted octanol–water partition coefficient (Wildman–Crippen LogP) is 1.47. The van der Waals surface area contributed by atoms with Crippen LogP contribution < -0.4 is 10.6 Å². The first kappa shape index (κ1) is 18.6. The second-order valence-electron chi connectivity index (χ2n) is 4.79. The minimum absolute atomic E-state index is 0.0529. The van der Waals surface area contributed by atoms with Crippen LogP contribution in [0, 0.1) is 5.82 Å². The maximum Gasteiger partial charge on any atom is 0.247 e. The molecule has 0 aromatic heterocycles. The first-order chi connectivity index (χ1) is 10.1. The number of anilines is 1. The van der Waals surface area contributed by atoms with Gasteiger partial charge in [-0.2, -0.15) is 0 Å². The lowest BCUT2D eigenvalue weighted by molar-refractivity contribution is -0.125. The monoisotopic (exact) mass is 394 g/mol. The van der Waals surface area contributed by atoms with Crippen LogP contribution in [0.25, 0.3) is 0 Å². The highest BCUT2D eigenvalue weighted by Gasteiger charge is 2.22. The van der Waals surface area contributed by atoms with Crippen molar-refractivity contribution in [3.8, 4) is 0 Å². The molecule has 0 saturated carbocycles. The maximum absolute atomic E-state index is 13.7. The fourth-order valence-electron chi connectivity index (χ4n) is 1.66. The van der Waals surface area contributed by atoms with Gasteiger partial charge in [0.25, 0.3) is 0 Å². The summed E-state index contributed by atoms with van der Waals surface area (Å²) in [5, 5.41) is 4.69. The van der Waals surface area contributed by atoms with Gasteiger partial charge < -0.3 is 10.6 Å². The summed E-state index contributed by atoms with van der Waals surface area (Å²) in [4.78, 5) is 23.2. The Hall–Kier alpha value is -1.48. The molecule has 2 amide bonds. The van der Waals surface area contributed by atoms with Crippen LogP contribution in [0.4, 0.5) is 10.1 Å². The Morgan fingerprint density at radius 1 is 1.36 bits per heavy atom. The quantitative estimate of drug-likeness (QED) is 0.763. The van der Waals surface area contributed by atoms with Crippen molar-refractivity contribution < 1.29 is 22.4 Å². The van der Waals surface area contributed by atoms with Crippen molar-refractivity contribution >= 4 is 43.3 Å². The summed E-state index contributed by atoms with van der Waals surface area (Å²) in [7, 11) is -3.29. The lowest BCUT2D eigenvalue weighted by atomic mass is 10.2. The van der Waals surface area contributed by atoms with E-state index in [0.29, 0.717) is 4.47 Å². The Labute approximate surface area is 136 Å². The molecule has 0 fully saturated rings. The van der Waals surface area contributed by atoms with Crippen LogP contribution in [0.1, 0.15) is 13.3 Å². The number of rotatable bonds is 6. The summed E-state index contributed by atoms with van der Waals surface area (Å²) in [6.45, 7) is 1.21. The molecule has 1 unspecified atom stereocenters. The number of nitrogens with one attached hydrogen (secondary N) is 2. The molecule has 9 heteroatoms. The summed E-state index contributed by atoms with van der Waals surface area (Å²) >= 11 is 3.09. The smallest absolute Gasteiger partial charge is 0.247 e. The highest BCUT2D eigenvalue weighted by Crippen LogP contribution is 2.19. The van der Waals surface area contributed by atoms with E-state index >= 15 is 0 Å². The van der Waals surface area contributed by atoms with Gasteiger partial charge in [0.1, 0.15) is 21.7 Å². The van der Waals surface area contributed by atoms with Gasteiger partial charge in [0.2, 0.25) is 11.8 Å². The van der Waals surface area contributed by atoms with E-state index < -0.39 is 33.5 Å². The maximum atomic E-state index is 13.7. The number of carbonyl (C=O) groups is 2. The third-order valence-electron chi connectivity index (χ3n) is 2.66. The average molecular weight is 395 g/mol. The van der Waals surface area contributed by atoms with Gasteiger partial charge in [-0.15, -0.1) is 0 Å². The number of hydrogen-bond donors (Lipinski definition) is 2. The molecule has 0 spiro atoms. The molecule has 1 rings (SSSR count). The van der Waals surface area contributed by atoms with E-state index in [2.05, 4.69) is 26.6 Å². The summed E-state index contributed by atoms with van der Waals surface area (Å²) < 4.78 is 36.6. The minimum atomic E-state index is -3.29. The zero-order valence-corrected chi connectivity index (χ0v) is 14.4. The van der Waals surface area contributed by atoms with E-state index in [4.69, 9.17) is 0 Å².